The molecule has 1 aromatic heterocycles. The zero-order chi connectivity index (χ0) is 20.2. The van der Waals surface area contributed by atoms with Gasteiger partial charge in [-0.2, -0.15) is 5.10 Å². The molecule has 0 saturated heterocycles. The van der Waals surface area contributed by atoms with E-state index >= 15 is 0 Å². The first-order valence-corrected chi connectivity index (χ1v) is 9.92. The summed E-state index contributed by atoms with van der Waals surface area (Å²) in [4.78, 5) is 24.0. The number of benzene rings is 1. The molecule has 2 rings (SSSR count). The van der Waals surface area contributed by atoms with Crippen LogP contribution in [0.5, 0.6) is 0 Å². The van der Waals surface area contributed by atoms with Crippen LogP contribution in [0.2, 0.25) is 0 Å². The lowest BCUT2D eigenvalue weighted by Gasteiger charge is -2.23. The van der Waals surface area contributed by atoms with Crippen LogP contribution in [-0.2, 0) is 31.4 Å². The summed E-state index contributed by atoms with van der Waals surface area (Å²) >= 11 is 0. The Hall–Kier alpha value is -2.88. The van der Waals surface area contributed by atoms with E-state index in [1.807, 2.05) is 0 Å². The Bertz CT molecular complexity index is 952. The van der Waals surface area contributed by atoms with E-state index in [9.17, 15) is 18.0 Å². The second-order valence-electron chi connectivity index (χ2n) is 6.06. The first-order chi connectivity index (χ1) is 12.6. The van der Waals surface area contributed by atoms with Crippen LogP contribution >= 0.6 is 0 Å². The van der Waals surface area contributed by atoms with Crippen LogP contribution in [0.4, 0.5) is 11.5 Å². The highest BCUT2D eigenvalue weighted by molar-refractivity contribution is 7.92. The lowest BCUT2D eigenvalue weighted by Crippen LogP contribution is -2.37. The van der Waals surface area contributed by atoms with Crippen LogP contribution in [0.15, 0.2) is 30.3 Å². The van der Waals surface area contributed by atoms with Gasteiger partial charge in [0.1, 0.15) is 12.4 Å². The number of aromatic nitrogens is 2. The zero-order valence-electron chi connectivity index (χ0n) is 15.6. The van der Waals surface area contributed by atoms with Gasteiger partial charge in [-0.3, -0.25) is 18.6 Å². The number of carbonyl (C=O) groups is 2. The van der Waals surface area contributed by atoms with Crippen molar-refractivity contribution in [2.75, 3.05) is 29.0 Å². The molecule has 0 aliphatic heterocycles. The average Bonchev–Trinajstić information content (AvgIpc) is 2.88. The number of amides is 1. The highest BCUT2D eigenvalue weighted by atomic mass is 32.2. The molecule has 9 nitrogen and oxygen atoms in total. The van der Waals surface area contributed by atoms with Gasteiger partial charge in [-0.1, -0.05) is 18.2 Å². The van der Waals surface area contributed by atoms with Crippen LogP contribution in [0.1, 0.15) is 11.3 Å². The van der Waals surface area contributed by atoms with Gasteiger partial charge >= 0.3 is 5.97 Å². The van der Waals surface area contributed by atoms with Crippen molar-refractivity contribution < 1.29 is 22.7 Å². The van der Waals surface area contributed by atoms with Gasteiger partial charge in [-0.25, -0.2) is 8.42 Å². The molecular weight excluding hydrogens is 372 g/mol. The highest BCUT2D eigenvalue weighted by Gasteiger charge is 2.23. The van der Waals surface area contributed by atoms with Gasteiger partial charge < -0.3 is 10.1 Å². The van der Waals surface area contributed by atoms with Crippen molar-refractivity contribution in [1.29, 1.82) is 0 Å². The molecule has 0 fully saturated rings. The fourth-order valence-corrected chi connectivity index (χ4v) is 3.34. The number of nitrogens with one attached hydrogen (secondary N) is 1. The predicted molar refractivity (Wildman–Crippen MR) is 101 cm³/mol. The Morgan fingerprint density at radius 3 is 2.48 bits per heavy atom. The molecule has 0 aliphatic carbocycles. The number of carbonyl (C=O) groups excluding carboxylic acids is 2. The molecule has 1 aromatic carbocycles. The van der Waals surface area contributed by atoms with Gasteiger partial charge in [0.2, 0.25) is 10.0 Å². The van der Waals surface area contributed by atoms with Gasteiger partial charge in [0, 0.05) is 13.1 Å². The van der Waals surface area contributed by atoms with Crippen molar-refractivity contribution in [3.63, 3.8) is 0 Å². The SMILES string of the molecule is Cc1cc(NC(=O)COC(=O)CN(c2ccccc2C)S(C)(=O)=O)n(C)n1. The minimum Gasteiger partial charge on any atom is -0.454 e. The second kappa shape index (κ2) is 8.21. The maximum absolute atomic E-state index is 12.1. The molecule has 0 aliphatic rings. The number of hydrogen-bond donors (Lipinski definition) is 1. The Kier molecular flexibility index (Phi) is 6.21. The Morgan fingerprint density at radius 1 is 1.26 bits per heavy atom. The molecule has 1 heterocycles. The second-order valence-corrected chi connectivity index (χ2v) is 7.97. The number of nitrogens with zero attached hydrogens (tertiary/aromatic N) is 3. The minimum absolute atomic E-state index is 0.381. The first-order valence-electron chi connectivity index (χ1n) is 8.07. The van der Waals surface area contributed by atoms with E-state index in [4.69, 9.17) is 4.74 Å². The minimum atomic E-state index is -3.71. The number of ether oxygens (including phenoxy) is 1. The topological polar surface area (TPSA) is 111 Å². The van der Waals surface area contributed by atoms with Crippen molar-refractivity contribution in [1.82, 2.24) is 9.78 Å². The third-order valence-electron chi connectivity index (χ3n) is 3.69. The van der Waals surface area contributed by atoms with E-state index in [2.05, 4.69) is 10.4 Å². The van der Waals surface area contributed by atoms with E-state index in [0.29, 0.717) is 17.1 Å². The standard InChI is InChI=1S/C17H22N4O5S/c1-12-7-5-6-8-14(12)21(27(4,24)25)10-17(23)26-11-16(22)18-15-9-13(2)19-20(15)3/h5-9H,10-11H2,1-4H3,(H,18,22). The Morgan fingerprint density at radius 2 is 1.93 bits per heavy atom. The molecule has 27 heavy (non-hydrogen) atoms. The van der Waals surface area contributed by atoms with Crippen molar-refractivity contribution in [2.24, 2.45) is 7.05 Å². The van der Waals surface area contributed by atoms with Gasteiger partial charge in [0.15, 0.2) is 6.61 Å². The van der Waals surface area contributed by atoms with E-state index in [0.717, 1.165) is 16.3 Å². The number of esters is 1. The first kappa shape index (κ1) is 20.4. The number of hydrogen-bond acceptors (Lipinski definition) is 6. The van der Waals surface area contributed by atoms with Gasteiger partial charge in [-0.15, -0.1) is 0 Å². The average molecular weight is 394 g/mol. The van der Waals surface area contributed by atoms with Gasteiger partial charge in [-0.05, 0) is 25.5 Å². The van der Waals surface area contributed by atoms with Crippen LogP contribution in [0, 0.1) is 13.8 Å². The number of aryl methyl sites for hydroxylation is 3. The zero-order valence-corrected chi connectivity index (χ0v) is 16.4. The molecule has 1 N–H and O–H groups in total. The quantitative estimate of drug-likeness (QED) is 0.701. The lowest BCUT2D eigenvalue weighted by atomic mass is 10.2. The van der Waals surface area contributed by atoms with Crippen LogP contribution in [0.25, 0.3) is 0 Å². The molecule has 0 saturated carbocycles. The van der Waals surface area contributed by atoms with E-state index in [1.54, 1.807) is 51.2 Å². The fourth-order valence-electron chi connectivity index (χ4n) is 2.44. The highest BCUT2D eigenvalue weighted by Crippen LogP contribution is 2.21. The summed E-state index contributed by atoms with van der Waals surface area (Å²) in [6.07, 6.45) is 1.00. The lowest BCUT2D eigenvalue weighted by molar-refractivity contribution is -0.145. The molecule has 2 aromatic rings. The van der Waals surface area contributed by atoms with Crippen LogP contribution in [-0.4, -0.2) is 49.5 Å². The predicted octanol–water partition coefficient (Wildman–Crippen LogP) is 0.985. The summed E-state index contributed by atoms with van der Waals surface area (Å²) in [6, 6.07) is 8.45. The summed E-state index contributed by atoms with van der Waals surface area (Å²) in [7, 11) is -2.04. The monoisotopic (exact) mass is 394 g/mol. The third-order valence-corrected chi connectivity index (χ3v) is 4.82. The Labute approximate surface area is 158 Å². The maximum atomic E-state index is 12.1. The number of para-hydroxylation sites is 1. The summed E-state index contributed by atoms with van der Waals surface area (Å²) in [6.45, 7) is 2.46. The van der Waals surface area contributed by atoms with Crippen molar-refractivity contribution >= 4 is 33.4 Å². The molecule has 0 unspecified atom stereocenters. The molecule has 0 radical (unpaired) electrons. The molecule has 146 valence electrons. The number of sulfonamides is 1. The summed E-state index contributed by atoms with van der Waals surface area (Å²) in [5.74, 6) is -0.917. The summed E-state index contributed by atoms with van der Waals surface area (Å²) < 4.78 is 31.5. The molecule has 1 amide bonds. The maximum Gasteiger partial charge on any atom is 0.327 e. The van der Waals surface area contributed by atoms with E-state index in [-0.39, 0.29) is 0 Å². The molecule has 10 heteroatoms. The summed E-state index contributed by atoms with van der Waals surface area (Å²) in [5.41, 5.74) is 1.80. The van der Waals surface area contributed by atoms with E-state index < -0.39 is 35.1 Å². The molecule has 0 bridgehead atoms. The number of rotatable bonds is 7. The molecule has 0 spiro atoms. The van der Waals surface area contributed by atoms with Crippen molar-refractivity contribution in [3.05, 3.63) is 41.6 Å². The van der Waals surface area contributed by atoms with Gasteiger partial charge in [0.25, 0.3) is 5.91 Å². The van der Waals surface area contributed by atoms with Crippen LogP contribution < -0.4 is 9.62 Å². The summed E-state index contributed by atoms with van der Waals surface area (Å²) in [5, 5.41) is 6.65. The Balaban J connectivity index is 1.99. The normalized spacial score (nSPS) is 11.1. The third kappa shape index (κ3) is 5.55. The van der Waals surface area contributed by atoms with Crippen LogP contribution in [0.3, 0.4) is 0 Å². The smallest absolute Gasteiger partial charge is 0.327 e. The van der Waals surface area contributed by atoms with Crippen molar-refractivity contribution in [2.45, 2.75) is 13.8 Å². The molecular formula is C17H22N4O5S. The van der Waals surface area contributed by atoms with E-state index in [1.165, 1.54) is 4.68 Å². The van der Waals surface area contributed by atoms with Crippen molar-refractivity contribution in [3.8, 4) is 0 Å². The number of anilines is 2. The molecule has 0 atom stereocenters. The fraction of sp³-hybridized carbons (Fsp3) is 0.353. The largest absolute Gasteiger partial charge is 0.454 e. The van der Waals surface area contributed by atoms with Gasteiger partial charge in [0.05, 0.1) is 17.6 Å².